The second-order valence-corrected chi connectivity index (χ2v) is 5.99. The first kappa shape index (κ1) is 14.6. The minimum Gasteiger partial charge on any atom is -0.363 e. The van der Waals surface area contributed by atoms with Crippen LogP contribution in [0, 0.1) is 0 Å². The summed E-state index contributed by atoms with van der Waals surface area (Å²) in [5, 5.41) is 6.31. The summed E-state index contributed by atoms with van der Waals surface area (Å²) in [6.45, 7) is 3.16. The van der Waals surface area contributed by atoms with Crippen LogP contribution in [0.15, 0.2) is 0 Å². The van der Waals surface area contributed by atoms with E-state index < -0.39 is 10.0 Å². The Morgan fingerprint density at radius 2 is 1.80 bits per heavy atom. The van der Waals surface area contributed by atoms with Crippen molar-refractivity contribution in [2.24, 2.45) is 0 Å². The van der Waals surface area contributed by atoms with E-state index in [9.17, 15) is 8.42 Å². The zero-order valence-corrected chi connectivity index (χ0v) is 11.0. The van der Waals surface area contributed by atoms with Gasteiger partial charge in [-0.25, -0.2) is 12.7 Å². The Kier molecular flexibility index (Phi) is 6.78. The molecule has 0 aliphatic heterocycles. The smallest absolute Gasteiger partial charge is 0.215 e. The molecule has 15 heavy (non-hydrogen) atoms. The highest BCUT2D eigenvalue weighted by Crippen LogP contribution is 1.91. The average molecular weight is 253 g/mol. The van der Waals surface area contributed by atoms with Gasteiger partial charge < -0.3 is 10.6 Å². The molecule has 0 spiro atoms. The number of rotatable bonds is 6. The third-order valence-electron chi connectivity index (χ3n) is 1.74. The van der Waals surface area contributed by atoms with Gasteiger partial charge in [-0.1, -0.05) is 6.92 Å². The molecular weight excluding hydrogens is 234 g/mol. The molecule has 0 fully saturated rings. The molecule has 0 heterocycles. The summed E-state index contributed by atoms with van der Waals surface area (Å²) in [6, 6.07) is 0. The Hall–Kier alpha value is -0.400. The predicted molar refractivity (Wildman–Crippen MR) is 66.4 cm³/mol. The molecule has 0 saturated heterocycles. The van der Waals surface area contributed by atoms with Crippen LogP contribution in [0.2, 0.25) is 0 Å². The Balaban J connectivity index is 3.75. The molecule has 7 heteroatoms. The highest BCUT2D eigenvalue weighted by Gasteiger charge is 2.12. The monoisotopic (exact) mass is 253 g/mol. The lowest BCUT2D eigenvalue weighted by molar-refractivity contribution is 0.520. The molecule has 0 unspecified atom stereocenters. The van der Waals surface area contributed by atoms with Crippen LogP contribution in [-0.4, -0.2) is 50.8 Å². The highest BCUT2D eigenvalue weighted by molar-refractivity contribution is 7.89. The van der Waals surface area contributed by atoms with E-state index in [-0.39, 0.29) is 5.75 Å². The van der Waals surface area contributed by atoms with Gasteiger partial charge in [0, 0.05) is 27.2 Å². The van der Waals surface area contributed by atoms with Crippen molar-refractivity contribution in [3.63, 3.8) is 0 Å². The van der Waals surface area contributed by atoms with Crippen LogP contribution in [0.1, 0.15) is 13.3 Å². The van der Waals surface area contributed by atoms with E-state index in [1.807, 2.05) is 6.92 Å². The third kappa shape index (κ3) is 6.64. The van der Waals surface area contributed by atoms with Crippen molar-refractivity contribution in [3.05, 3.63) is 0 Å². The topological polar surface area (TPSA) is 61.4 Å². The number of nitrogens with zero attached hydrogens (tertiary/aromatic N) is 1. The van der Waals surface area contributed by atoms with Crippen molar-refractivity contribution < 1.29 is 8.42 Å². The van der Waals surface area contributed by atoms with Crippen LogP contribution in [0.3, 0.4) is 0 Å². The summed E-state index contributed by atoms with van der Waals surface area (Å²) in [4.78, 5) is 0. The lowest BCUT2D eigenvalue weighted by atomic mass is 10.5. The minimum absolute atomic E-state index is 0.0495. The molecule has 5 nitrogen and oxygen atoms in total. The lowest BCUT2D eigenvalue weighted by Crippen LogP contribution is -2.39. The van der Waals surface area contributed by atoms with Gasteiger partial charge in [-0.2, -0.15) is 0 Å². The molecule has 2 N–H and O–H groups in total. The molecule has 0 aliphatic rings. The zero-order valence-electron chi connectivity index (χ0n) is 9.41. The first-order valence-electron chi connectivity index (χ1n) is 4.82. The lowest BCUT2D eigenvalue weighted by Gasteiger charge is -2.13. The minimum atomic E-state index is -3.13. The summed E-state index contributed by atoms with van der Waals surface area (Å²) in [5.41, 5.74) is 0. The first-order valence-corrected chi connectivity index (χ1v) is 6.83. The Labute approximate surface area is 97.3 Å². The predicted octanol–water partition coefficient (Wildman–Crippen LogP) is -0.248. The van der Waals surface area contributed by atoms with Gasteiger partial charge in [0.05, 0.1) is 5.75 Å². The van der Waals surface area contributed by atoms with E-state index >= 15 is 0 Å². The van der Waals surface area contributed by atoms with Crippen LogP contribution in [0.25, 0.3) is 0 Å². The SMILES string of the molecule is CCCNC(=S)NCCS(=O)(=O)N(C)C. The maximum Gasteiger partial charge on any atom is 0.215 e. The average Bonchev–Trinajstić information content (AvgIpc) is 2.14. The van der Waals surface area contributed by atoms with Crippen LogP contribution in [0.5, 0.6) is 0 Å². The van der Waals surface area contributed by atoms with E-state index in [1.165, 1.54) is 18.4 Å². The molecule has 0 radical (unpaired) electrons. The van der Waals surface area contributed by atoms with Crippen LogP contribution in [-0.2, 0) is 10.0 Å². The fourth-order valence-corrected chi connectivity index (χ4v) is 1.71. The fourth-order valence-electron chi connectivity index (χ4n) is 0.777. The Morgan fingerprint density at radius 3 is 2.27 bits per heavy atom. The molecule has 0 aromatic carbocycles. The maximum absolute atomic E-state index is 11.3. The van der Waals surface area contributed by atoms with Crippen molar-refractivity contribution in [1.29, 1.82) is 0 Å². The fraction of sp³-hybridized carbons (Fsp3) is 0.875. The van der Waals surface area contributed by atoms with Crippen molar-refractivity contribution in [3.8, 4) is 0 Å². The van der Waals surface area contributed by atoms with E-state index in [4.69, 9.17) is 12.2 Å². The maximum atomic E-state index is 11.3. The molecule has 0 aromatic heterocycles. The summed E-state index contributed by atoms with van der Waals surface area (Å²) >= 11 is 4.94. The molecule has 0 saturated carbocycles. The number of hydrogen-bond acceptors (Lipinski definition) is 3. The van der Waals surface area contributed by atoms with Gasteiger partial charge >= 0.3 is 0 Å². The van der Waals surface area contributed by atoms with Crippen LogP contribution < -0.4 is 10.6 Å². The molecule has 0 atom stereocenters. The second-order valence-electron chi connectivity index (χ2n) is 3.28. The largest absolute Gasteiger partial charge is 0.363 e. The highest BCUT2D eigenvalue weighted by atomic mass is 32.2. The van der Waals surface area contributed by atoms with Gasteiger partial charge in [-0.05, 0) is 18.6 Å². The van der Waals surface area contributed by atoms with Gasteiger partial charge in [-0.15, -0.1) is 0 Å². The number of nitrogens with one attached hydrogen (secondary N) is 2. The standard InChI is InChI=1S/C8H19N3O2S2/c1-4-5-9-8(14)10-6-7-15(12,13)11(2)3/h4-7H2,1-3H3,(H2,9,10,14). The molecule has 0 aliphatic carbocycles. The number of sulfonamides is 1. The molecule has 0 amide bonds. The summed E-state index contributed by atoms with van der Waals surface area (Å²) < 4.78 is 23.9. The normalized spacial score (nSPS) is 11.5. The van der Waals surface area contributed by atoms with Crippen LogP contribution in [0.4, 0.5) is 0 Å². The molecular formula is C8H19N3O2S2. The van der Waals surface area contributed by atoms with Crippen LogP contribution >= 0.6 is 12.2 Å². The Bertz CT molecular complexity index is 288. The number of hydrogen-bond donors (Lipinski definition) is 2. The van der Waals surface area contributed by atoms with Crippen molar-refractivity contribution in [2.45, 2.75) is 13.3 Å². The molecule has 90 valence electrons. The van der Waals surface area contributed by atoms with Gasteiger partial charge in [0.2, 0.25) is 10.0 Å². The van der Waals surface area contributed by atoms with Gasteiger partial charge in [0.15, 0.2) is 5.11 Å². The first-order chi connectivity index (χ1) is 6.90. The van der Waals surface area contributed by atoms with Crippen molar-refractivity contribution in [1.82, 2.24) is 14.9 Å². The Morgan fingerprint density at radius 1 is 1.27 bits per heavy atom. The summed E-state index contributed by atoms with van der Waals surface area (Å²) in [7, 11) is -0.0972. The van der Waals surface area contributed by atoms with E-state index in [1.54, 1.807) is 0 Å². The molecule has 0 rings (SSSR count). The third-order valence-corrected chi connectivity index (χ3v) is 3.86. The summed E-state index contributed by atoms with van der Waals surface area (Å²) in [6.07, 6.45) is 0.984. The molecule has 0 aromatic rings. The van der Waals surface area contributed by atoms with Gasteiger partial charge in [0.1, 0.15) is 0 Å². The number of thiocarbonyl (C=S) groups is 1. The van der Waals surface area contributed by atoms with E-state index in [2.05, 4.69) is 10.6 Å². The summed E-state index contributed by atoms with van der Waals surface area (Å²) in [5.74, 6) is 0.0495. The van der Waals surface area contributed by atoms with Crippen molar-refractivity contribution >= 4 is 27.4 Å². The van der Waals surface area contributed by atoms with E-state index in [0.717, 1.165) is 13.0 Å². The van der Waals surface area contributed by atoms with Gasteiger partial charge in [0.25, 0.3) is 0 Å². The molecule has 0 bridgehead atoms. The second kappa shape index (κ2) is 6.97. The zero-order chi connectivity index (χ0) is 11.9. The quantitative estimate of drug-likeness (QED) is 0.639. The van der Waals surface area contributed by atoms with Gasteiger partial charge in [-0.3, -0.25) is 0 Å². The van der Waals surface area contributed by atoms with Crippen molar-refractivity contribution in [2.75, 3.05) is 32.9 Å². The van der Waals surface area contributed by atoms with E-state index in [0.29, 0.717) is 11.7 Å².